The van der Waals surface area contributed by atoms with Gasteiger partial charge in [-0.15, -0.1) is 0 Å². The average Bonchev–Trinajstić information content (AvgIpc) is 2.45. The third-order valence-corrected chi connectivity index (χ3v) is 3.77. The van der Waals surface area contributed by atoms with Crippen LogP contribution in [0.5, 0.6) is 5.75 Å². The molecule has 0 aliphatic heterocycles. The molecule has 106 valence electrons. The van der Waals surface area contributed by atoms with Crippen molar-refractivity contribution in [2.45, 2.75) is 19.9 Å². The Labute approximate surface area is 123 Å². The zero-order valence-electron chi connectivity index (χ0n) is 11.8. The summed E-state index contributed by atoms with van der Waals surface area (Å²) in [6, 6.07) is 7.28. The SMILES string of the molecule is COc1c(C(NN)c2ncccc2Cl)ccc(C)c1C. The number of nitrogens with one attached hydrogen (secondary N) is 1. The van der Waals surface area contributed by atoms with Gasteiger partial charge in [0.15, 0.2) is 0 Å². The van der Waals surface area contributed by atoms with Crippen LogP contribution in [0, 0.1) is 13.8 Å². The lowest BCUT2D eigenvalue weighted by atomic mass is 9.97. The van der Waals surface area contributed by atoms with Crippen LogP contribution in [-0.2, 0) is 0 Å². The fourth-order valence-corrected chi connectivity index (χ4v) is 2.47. The summed E-state index contributed by atoms with van der Waals surface area (Å²) >= 11 is 6.22. The van der Waals surface area contributed by atoms with Crippen LogP contribution in [-0.4, -0.2) is 12.1 Å². The number of aromatic nitrogens is 1. The fourth-order valence-electron chi connectivity index (χ4n) is 2.24. The van der Waals surface area contributed by atoms with E-state index < -0.39 is 0 Å². The Kier molecular flexibility index (Phi) is 4.60. The van der Waals surface area contributed by atoms with E-state index in [9.17, 15) is 0 Å². The second kappa shape index (κ2) is 6.22. The molecule has 1 aromatic heterocycles. The number of pyridine rings is 1. The first-order chi connectivity index (χ1) is 9.60. The Morgan fingerprint density at radius 2 is 2.05 bits per heavy atom. The molecule has 0 aliphatic carbocycles. The molecule has 0 aliphatic rings. The third-order valence-electron chi connectivity index (χ3n) is 3.45. The molecule has 2 aromatic rings. The number of rotatable bonds is 4. The van der Waals surface area contributed by atoms with Crippen molar-refractivity contribution in [3.63, 3.8) is 0 Å². The molecule has 4 nitrogen and oxygen atoms in total. The molecule has 1 heterocycles. The fraction of sp³-hybridized carbons (Fsp3) is 0.267. The Morgan fingerprint density at radius 3 is 2.65 bits per heavy atom. The highest BCUT2D eigenvalue weighted by molar-refractivity contribution is 6.31. The van der Waals surface area contributed by atoms with E-state index in [0.29, 0.717) is 10.7 Å². The number of halogens is 1. The first kappa shape index (κ1) is 14.8. The van der Waals surface area contributed by atoms with E-state index in [0.717, 1.165) is 22.4 Å². The largest absolute Gasteiger partial charge is 0.496 e. The van der Waals surface area contributed by atoms with Gasteiger partial charge in [0, 0.05) is 11.8 Å². The van der Waals surface area contributed by atoms with Gasteiger partial charge in [-0.05, 0) is 37.1 Å². The quantitative estimate of drug-likeness (QED) is 0.672. The number of benzene rings is 1. The van der Waals surface area contributed by atoms with E-state index in [2.05, 4.69) is 10.4 Å². The van der Waals surface area contributed by atoms with Crippen molar-refractivity contribution >= 4 is 11.6 Å². The molecule has 20 heavy (non-hydrogen) atoms. The summed E-state index contributed by atoms with van der Waals surface area (Å²) in [5.41, 5.74) is 6.61. The number of aryl methyl sites for hydroxylation is 1. The van der Waals surface area contributed by atoms with E-state index in [4.69, 9.17) is 22.2 Å². The minimum atomic E-state index is -0.321. The number of nitrogens with two attached hydrogens (primary N) is 1. The summed E-state index contributed by atoms with van der Waals surface area (Å²) in [7, 11) is 1.65. The topological polar surface area (TPSA) is 60.2 Å². The predicted octanol–water partition coefficient (Wildman–Crippen LogP) is 2.91. The van der Waals surface area contributed by atoms with Crippen LogP contribution in [0.4, 0.5) is 0 Å². The van der Waals surface area contributed by atoms with Gasteiger partial charge in [0.2, 0.25) is 0 Å². The number of methoxy groups -OCH3 is 1. The van der Waals surface area contributed by atoms with Gasteiger partial charge in [-0.3, -0.25) is 10.8 Å². The first-order valence-electron chi connectivity index (χ1n) is 6.30. The lowest BCUT2D eigenvalue weighted by molar-refractivity contribution is 0.400. The van der Waals surface area contributed by atoms with Crippen LogP contribution < -0.4 is 16.0 Å². The molecule has 0 radical (unpaired) electrons. The van der Waals surface area contributed by atoms with Crippen LogP contribution in [0.3, 0.4) is 0 Å². The molecule has 5 heteroatoms. The summed E-state index contributed by atoms with van der Waals surface area (Å²) in [5.74, 6) is 6.51. The maximum absolute atomic E-state index is 6.22. The van der Waals surface area contributed by atoms with Gasteiger partial charge in [0.25, 0.3) is 0 Å². The highest BCUT2D eigenvalue weighted by atomic mass is 35.5. The summed E-state index contributed by atoms with van der Waals surface area (Å²) in [6.07, 6.45) is 1.69. The number of hydrogen-bond acceptors (Lipinski definition) is 4. The van der Waals surface area contributed by atoms with Gasteiger partial charge >= 0.3 is 0 Å². The molecule has 1 unspecified atom stereocenters. The number of hydrazine groups is 1. The number of ether oxygens (including phenoxy) is 1. The van der Waals surface area contributed by atoms with E-state index in [1.165, 1.54) is 0 Å². The van der Waals surface area contributed by atoms with E-state index in [1.54, 1.807) is 25.4 Å². The van der Waals surface area contributed by atoms with Gasteiger partial charge in [-0.25, -0.2) is 5.43 Å². The van der Waals surface area contributed by atoms with Crippen LogP contribution in [0.15, 0.2) is 30.5 Å². The van der Waals surface area contributed by atoms with Crippen LogP contribution >= 0.6 is 11.6 Å². The molecule has 3 N–H and O–H groups in total. The second-order valence-corrected chi connectivity index (χ2v) is 5.01. The predicted molar refractivity (Wildman–Crippen MR) is 80.9 cm³/mol. The van der Waals surface area contributed by atoms with Gasteiger partial charge < -0.3 is 4.74 Å². The summed E-state index contributed by atoms with van der Waals surface area (Å²) in [6.45, 7) is 4.06. The number of hydrogen-bond donors (Lipinski definition) is 2. The molecule has 0 fully saturated rings. The molecule has 0 saturated heterocycles. The summed E-state index contributed by atoms with van der Waals surface area (Å²) < 4.78 is 5.53. The zero-order valence-corrected chi connectivity index (χ0v) is 12.5. The molecular weight excluding hydrogens is 274 g/mol. The van der Waals surface area contributed by atoms with Crippen molar-refractivity contribution in [3.8, 4) is 5.75 Å². The van der Waals surface area contributed by atoms with Crippen molar-refractivity contribution in [3.05, 3.63) is 57.9 Å². The minimum absolute atomic E-state index is 0.321. The van der Waals surface area contributed by atoms with Crippen molar-refractivity contribution in [2.24, 2.45) is 5.84 Å². The monoisotopic (exact) mass is 291 g/mol. The van der Waals surface area contributed by atoms with E-state index in [-0.39, 0.29) is 6.04 Å². The molecule has 1 atom stereocenters. The maximum Gasteiger partial charge on any atom is 0.127 e. The van der Waals surface area contributed by atoms with Gasteiger partial charge in [0.05, 0.1) is 23.9 Å². The molecule has 0 bridgehead atoms. The maximum atomic E-state index is 6.22. The number of nitrogens with zero attached hydrogens (tertiary/aromatic N) is 1. The van der Waals surface area contributed by atoms with E-state index in [1.807, 2.05) is 26.0 Å². The Hall–Kier alpha value is -1.62. The average molecular weight is 292 g/mol. The minimum Gasteiger partial charge on any atom is -0.496 e. The van der Waals surface area contributed by atoms with Gasteiger partial charge in [0.1, 0.15) is 5.75 Å². The highest BCUT2D eigenvalue weighted by Crippen LogP contribution is 2.35. The summed E-state index contributed by atoms with van der Waals surface area (Å²) in [5, 5.41) is 0.565. The van der Waals surface area contributed by atoms with Gasteiger partial charge in [-0.1, -0.05) is 23.7 Å². The second-order valence-electron chi connectivity index (χ2n) is 4.60. The summed E-state index contributed by atoms with van der Waals surface area (Å²) in [4.78, 5) is 4.32. The van der Waals surface area contributed by atoms with E-state index >= 15 is 0 Å². The molecule has 1 aromatic carbocycles. The third kappa shape index (κ3) is 2.63. The lowest BCUT2D eigenvalue weighted by Crippen LogP contribution is -2.30. The van der Waals surface area contributed by atoms with Gasteiger partial charge in [-0.2, -0.15) is 0 Å². The van der Waals surface area contributed by atoms with Crippen molar-refractivity contribution in [1.29, 1.82) is 0 Å². The molecule has 0 saturated carbocycles. The Bertz CT molecular complexity index is 616. The first-order valence-corrected chi connectivity index (χ1v) is 6.68. The van der Waals surface area contributed by atoms with Crippen molar-refractivity contribution in [1.82, 2.24) is 10.4 Å². The highest BCUT2D eigenvalue weighted by Gasteiger charge is 2.22. The van der Waals surface area contributed by atoms with Crippen molar-refractivity contribution < 1.29 is 4.74 Å². The molecular formula is C15H18ClN3O. The normalized spacial score (nSPS) is 12.2. The standard InChI is InChI=1S/C15H18ClN3O/c1-9-6-7-11(15(20-3)10(9)2)13(19-17)14-12(16)5-4-8-18-14/h4-8,13,19H,17H2,1-3H3. The lowest BCUT2D eigenvalue weighted by Gasteiger charge is -2.21. The Balaban J connectivity index is 2.59. The van der Waals surface area contributed by atoms with Crippen LogP contribution in [0.25, 0.3) is 0 Å². The Morgan fingerprint density at radius 1 is 1.30 bits per heavy atom. The zero-order chi connectivity index (χ0) is 14.7. The van der Waals surface area contributed by atoms with Crippen LogP contribution in [0.2, 0.25) is 5.02 Å². The van der Waals surface area contributed by atoms with Crippen molar-refractivity contribution in [2.75, 3.05) is 7.11 Å². The molecule has 0 spiro atoms. The smallest absolute Gasteiger partial charge is 0.127 e. The molecule has 0 amide bonds. The van der Waals surface area contributed by atoms with Crippen LogP contribution in [0.1, 0.15) is 28.4 Å². The molecule has 2 rings (SSSR count).